The molecule has 0 heterocycles. The first-order chi connectivity index (χ1) is 15.7. The van der Waals surface area contributed by atoms with Gasteiger partial charge in [-0.15, -0.1) is 0 Å². The van der Waals surface area contributed by atoms with Crippen LogP contribution in [0.4, 0.5) is 0 Å². The number of allylic oxidation sites excluding steroid dienone is 2. The van der Waals surface area contributed by atoms with Crippen LogP contribution in [0.15, 0.2) is 41.5 Å². The number of carbonyl (C=O) groups excluding carboxylic acids is 2. The first-order valence-electron chi connectivity index (χ1n) is 12.5. The van der Waals surface area contributed by atoms with Crippen molar-refractivity contribution in [2.75, 3.05) is 7.11 Å². The van der Waals surface area contributed by atoms with Crippen LogP contribution in [0.25, 0.3) is 6.08 Å². The topological polar surface area (TPSA) is 52.6 Å². The van der Waals surface area contributed by atoms with Gasteiger partial charge in [0.25, 0.3) is 0 Å². The van der Waals surface area contributed by atoms with Gasteiger partial charge in [-0.1, -0.05) is 37.6 Å². The molecule has 0 aromatic heterocycles. The number of ether oxygens (including phenoxy) is 2. The van der Waals surface area contributed by atoms with Crippen LogP contribution >= 0.6 is 0 Å². The molecular formula is C29H36O4. The van der Waals surface area contributed by atoms with Crippen molar-refractivity contribution < 1.29 is 19.1 Å². The number of methoxy groups -OCH3 is 1. The second-order valence-corrected chi connectivity index (χ2v) is 11.2. The van der Waals surface area contributed by atoms with E-state index in [1.54, 1.807) is 7.11 Å². The summed E-state index contributed by atoms with van der Waals surface area (Å²) in [6.45, 7) is 6.17. The Morgan fingerprint density at radius 2 is 1.76 bits per heavy atom. The largest absolute Gasteiger partial charge is 0.497 e. The van der Waals surface area contributed by atoms with E-state index in [2.05, 4.69) is 26.0 Å². The molecule has 1 aromatic rings. The van der Waals surface area contributed by atoms with E-state index in [1.165, 1.54) is 12.5 Å². The summed E-state index contributed by atoms with van der Waals surface area (Å²) >= 11 is 0. The Labute approximate surface area is 197 Å². The molecule has 4 aliphatic carbocycles. The van der Waals surface area contributed by atoms with Gasteiger partial charge in [0.05, 0.1) is 7.11 Å². The molecule has 6 atom stereocenters. The van der Waals surface area contributed by atoms with Crippen LogP contribution in [0.1, 0.15) is 71.3 Å². The molecule has 1 aromatic carbocycles. The highest BCUT2D eigenvalue weighted by molar-refractivity contribution is 6.06. The van der Waals surface area contributed by atoms with Crippen LogP contribution in [0.2, 0.25) is 0 Å². The summed E-state index contributed by atoms with van der Waals surface area (Å²) < 4.78 is 10.8. The van der Waals surface area contributed by atoms with Crippen LogP contribution < -0.4 is 4.74 Å². The van der Waals surface area contributed by atoms with Gasteiger partial charge >= 0.3 is 5.97 Å². The lowest BCUT2D eigenvalue weighted by Crippen LogP contribution is -2.50. The fraction of sp³-hybridized carbons (Fsp3) is 0.586. The quantitative estimate of drug-likeness (QED) is 0.316. The van der Waals surface area contributed by atoms with Gasteiger partial charge in [0, 0.05) is 18.8 Å². The predicted octanol–water partition coefficient (Wildman–Crippen LogP) is 6.15. The van der Waals surface area contributed by atoms with Crippen molar-refractivity contribution in [1.29, 1.82) is 0 Å². The highest BCUT2D eigenvalue weighted by Gasteiger charge is 2.60. The van der Waals surface area contributed by atoms with E-state index >= 15 is 0 Å². The summed E-state index contributed by atoms with van der Waals surface area (Å²) in [5, 5.41) is 0. The Balaban J connectivity index is 1.40. The number of rotatable bonds is 3. The summed E-state index contributed by atoms with van der Waals surface area (Å²) in [6.07, 6.45) is 11.5. The molecule has 0 N–H and O–H groups in total. The smallest absolute Gasteiger partial charge is 0.302 e. The Kier molecular flexibility index (Phi) is 5.54. The number of hydrogen-bond donors (Lipinski definition) is 0. The molecule has 3 fully saturated rings. The lowest BCUT2D eigenvalue weighted by atomic mass is 9.48. The van der Waals surface area contributed by atoms with Gasteiger partial charge in [-0.25, -0.2) is 0 Å². The van der Waals surface area contributed by atoms with Gasteiger partial charge in [0.2, 0.25) is 0 Å². The molecule has 5 rings (SSSR count). The van der Waals surface area contributed by atoms with Crippen molar-refractivity contribution in [3.63, 3.8) is 0 Å². The Hall–Kier alpha value is -2.36. The van der Waals surface area contributed by atoms with Gasteiger partial charge in [-0.05, 0) is 91.0 Å². The van der Waals surface area contributed by atoms with Crippen LogP contribution in [-0.4, -0.2) is 25.0 Å². The minimum absolute atomic E-state index is 0.0272. The van der Waals surface area contributed by atoms with Crippen LogP contribution in [-0.2, 0) is 14.3 Å². The summed E-state index contributed by atoms with van der Waals surface area (Å²) in [5.74, 6) is 2.59. The van der Waals surface area contributed by atoms with E-state index in [9.17, 15) is 9.59 Å². The summed E-state index contributed by atoms with van der Waals surface area (Å²) in [7, 11) is 1.67. The third-order valence-electron chi connectivity index (χ3n) is 9.49. The molecule has 0 amide bonds. The standard InChI is InChI=1S/C29H36O4/c1-18(30)33-23-11-13-28(2)21(17-23)7-10-24-25(28)12-14-29(3)26(24)16-20(27(29)31)15-19-5-8-22(32-4)9-6-19/h5-9,15,23-26H,10-14,16-17H2,1-4H3/b20-15+. The van der Waals surface area contributed by atoms with E-state index in [1.807, 2.05) is 24.3 Å². The highest BCUT2D eigenvalue weighted by Crippen LogP contribution is 2.64. The minimum Gasteiger partial charge on any atom is -0.497 e. The van der Waals surface area contributed by atoms with Gasteiger partial charge in [-0.2, -0.15) is 0 Å². The molecule has 0 radical (unpaired) electrons. The average Bonchev–Trinajstić information content (AvgIpc) is 3.04. The van der Waals surface area contributed by atoms with E-state index in [0.717, 1.165) is 61.8 Å². The molecule has 0 spiro atoms. The molecule has 0 bridgehead atoms. The van der Waals surface area contributed by atoms with Gasteiger partial charge in [0.1, 0.15) is 11.9 Å². The molecule has 33 heavy (non-hydrogen) atoms. The molecule has 6 unspecified atom stereocenters. The fourth-order valence-corrected chi connectivity index (χ4v) is 7.66. The minimum atomic E-state index is -0.240. The summed E-state index contributed by atoms with van der Waals surface area (Å²) in [5.41, 5.74) is 3.48. The molecule has 4 heteroatoms. The third-order valence-corrected chi connectivity index (χ3v) is 9.49. The van der Waals surface area contributed by atoms with Gasteiger partial charge in [0.15, 0.2) is 5.78 Å². The van der Waals surface area contributed by atoms with Gasteiger partial charge < -0.3 is 9.47 Å². The number of carbonyl (C=O) groups is 2. The zero-order valence-corrected chi connectivity index (χ0v) is 20.4. The number of ketones is 1. The number of Topliss-reactive ketones (excluding diaryl/α,β-unsaturated/α-hetero) is 1. The second kappa shape index (κ2) is 8.14. The number of hydrogen-bond acceptors (Lipinski definition) is 4. The molecule has 3 saturated carbocycles. The van der Waals surface area contributed by atoms with Crippen LogP contribution in [0, 0.1) is 28.6 Å². The lowest BCUT2D eigenvalue weighted by Gasteiger charge is -2.56. The zero-order valence-electron chi connectivity index (χ0n) is 20.4. The SMILES string of the molecule is COc1ccc(/C=C2\CC3C4CC=C5CC(OC(C)=O)CCC5(C)C4CCC3(C)C2=O)cc1. The molecule has 4 aliphatic rings. The molecule has 0 saturated heterocycles. The van der Waals surface area contributed by atoms with Crippen LogP contribution in [0.5, 0.6) is 5.75 Å². The molecular weight excluding hydrogens is 412 g/mol. The first kappa shape index (κ1) is 22.4. The maximum absolute atomic E-state index is 13.6. The first-order valence-corrected chi connectivity index (χ1v) is 12.5. The second-order valence-electron chi connectivity index (χ2n) is 11.2. The molecule has 0 aliphatic heterocycles. The highest BCUT2D eigenvalue weighted by atomic mass is 16.5. The predicted molar refractivity (Wildman–Crippen MR) is 129 cm³/mol. The van der Waals surface area contributed by atoms with Crippen molar-refractivity contribution in [3.8, 4) is 5.75 Å². The van der Waals surface area contributed by atoms with Crippen molar-refractivity contribution >= 4 is 17.8 Å². The maximum atomic E-state index is 13.6. The zero-order chi connectivity index (χ0) is 23.4. The van der Waals surface area contributed by atoms with E-state index in [0.29, 0.717) is 23.5 Å². The van der Waals surface area contributed by atoms with E-state index in [-0.39, 0.29) is 22.9 Å². The number of fused-ring (bicyclic) bond motifs is 5. The fourth-order valence-electron chi connectivity index (χ4n) is 7.66. The van der Waals surface area contributed by atoms with E-state index < -0.39 is 0 Å². The average molecular weight is 449 g/mol. The number of benzene rings is 1. The summed E-state index contributed by atoms with van der Waals surface area (Å²) in [4.78, 5) is 25.1. The van der Waals surface area contributed by atoms with Crippen molar-refractivity contribution in [2.24, 2.45) is 28.6 Å². The van der Waals surface area contributed by atoms with E-state index in [4.69, 9.17) is 9.47 Å². The lowest BCUT2D eigenvalue weighted by molar-refractivity contribution is -0.148. The van der Waals surface area contributed by atoms with Crippen molar-refractivity contribution in [1.82, 2.24) is 0 Å². The Morgan fingerprint density at radius 3 is 2.45 bits per heavy atom. The molecule has 176 valence electrons. The van der Waals surface area contributed by atoms with Gasteiger partial charge in [-0.3, -0.25) is 9.59 Å². The summed E-state index contributed by atoms with van der Waals surface area (Å²) in [6, 6.07) is 7.98. The monoisotopic (exact) mass is 448 g/mol. The molecule has 4 nitrogen and oxygen atoms in total. The number of esters is 1. The third kappa shape index (κ3) is 3.66. The maximum Gasteiger partial charge on any atom is 0.302 e. The van der Waals surface area contributed by atoms with Crippen LogP contribution in [0.3, 0.4) is 0 Å². The Bertz CT molecular complexity index is 1020. The Morgan fingerprint density at radius 1 is 1.03 bits per heavy atom. The van der Waals surface area contributed by atoms with Crippen molar-refractivity contribution in [3.05, 3.63) is 47.1 Å². The van der Waals surface area contributed by atoms with Crippen molar-refractivity contribution in [2.45, 2.75) is 71.8 Å². The normalized spacial score (nSPS) is 38.7.